The first-order valence-electron chi connectivity index (χ1n) is 7.44. The summed E-state index contributed by atoms with van der Waals surface area (Å²) in [6.45, 7) is 11.4. The summed E-state index contributed by atoms with van der Waals surface area (Å²) in [5.74, 6) is 2.35. The Morgan fingerprint density at radius 1 is 1.17 bits per heavy atom. The van der Waals surface area contributed by atoms with E-state index in [0.29, 0.717) is 23.8 Å². The maximum absolute atomic E-state index is 11.8. The van der Waals surface area contributed by atoms with Gasteiger partial charge in [-0.15, -0.1) is 0 Å². The van der Waals surface area contributed by atoms with Crippen LogP contribution in [0.25, 0.3) is 0 Å². The number of piperidine rings is 3. The topological polar surface area (TPSA) is 32.3 Å². The third-order valence-corrected chi connectivity index (χ3v) is 6.26. The van der Waals surface area contributed by atoms with Crippen molar-refractivity contribution in [2.24, 2.45) is 17.8 Å². The summed E-state index contributed by atoms with van der Waals surface area (Å²) in [6, 6.07) is 0. The molecule has 3 heterocycles. The molecule has 0 aromatic heterocycles. The van der Waals surface area contributed by atoms with Crippen molar-refractivity contribution in [1.82, 2.24) is 10.2 Å². The average molecular weight is 250 g/mol. The van der Waals surface area contributed by atoms with E-state index in [1.54, 1.807) is 0 Å². The predicted octanol–water partition coefficient (Wildman–Crippen LogP) is 2.02. The molecule has 4 fully saturated rings. The van der Waals surface area contributed by atoms with Gasteiger partial charge in [0.2, 0.25) is 5.91 Å². The molecule has 1 amide bonds. The Bertz CT molecular complexity index is 343. The second-order valence-corrected chi connectivity index (χ2v) is 7.31. The molecule has 4 aliphatic rings. The van der Waals surface area contributed by atoms with Crippen LogP contribution in [-0.4, -0.2) is 35.0 Å². The molecule has 4 rings (SSSR count). The lowest BCUT2D eigenvalue weighted by Crippen LogP contribution is -2.75. The van der Waals surface area contributed by atoms with Gasteiger partial charge in [-0.1, -0.05) is 6.92 Å². The monoisotopic (exact) mass is 250 g/mol. The molecular formula is C15H26N2O. The van der Waals surface area contributed by atoms with Gasteiger partial charge >= 0.3 is 0 Å². The fourth-order valence-corrected chi connectivity index (χ4v) is 4.64. The number of amides is 1. The SMILES string of the molecule is CCC(=O)NC1(C)C2CC3CC1CN(C2)C3(C)C. The highest BCUT2D eigenvalue weighted by atomic mass is 16.1. The van der Waals surface area contributed by atoms with Crippen LogP contribution in [0.15, 0.2) is 0 Å². The van der Waals surface area contributed by atoms with Crippen LogP contribution in [0.1, 0.15) is 47.0 Å². The van der Waals surface area contributed by atoms with Crippen molar-refractivity contribution in [3.05, 3.63) is 0 Å². The molecule has 3 nitrogen and oxygen atoms in total. The van der Waals surface area contributed by atoms with E-state index in [9.17, 15) is 4.79 Å². The molecule has 1 saturated carbocycles. The van der Waals surface area contributed by atoms with Gasteiger partial charge in [-0.3, -0.25) is 9.69 Å². The van der Waals surface area contributed by atoms with Crippen molar-refractivity contribution in [1.29, 1.82) is 0 Å². The first kappa shape index (κ1) is 12.5. The van der Waals surface area contributed by atoms with E-state index in [4.69, 9.17) is 0 Å². The number of nitrogens with one attached hydrogen (secondary N) is 1. The molecule has 18 heavy (non-hydrogen) atoms. The van der Waals surface area contributed by atoms with E-state index in [-0.39, 0.29) is 11.4 Å². The molecule has 2 unspecified atom stereocenters. The molecule has 0 aromatic rings. The highest BCUT2D eigenvalue weighted by Crippen LogP contribution is 2.55. The maximum atomic E-state index is 11.8. The zero-order chi connectivity index (χ0) is 13.1. The Balaban J connectivity index is 1.85. The Morgan fingerprint density at radius 2 is 1.72 bits per heavy atom. The van der Waals surface area contributed by atoms with Gasteiger partial charge in [-0.05, 0) is 51.4 Å². The minimum absolute atomic E-state index is 0.0522. The summed E-state index contributed by atoms with van der Waals surface area (Å²) < 4.78 is 0. The summed E-state index contributed by atoms with van der Waals surface area (Å²) in [5.41, 5.74) is 0.430. The van der Waals surface area contributed by atoms with Crippen molar-refractivity contribution < 1.29 is 4.79 Å². The molecule has 1 aliphatic carbocycles. The fourth-order valence-electron chi connectivity index (χ4n) is 4.64. The summed E-state index contributed by atoms with van der Waals surface area (Å²) in [6.07, 6.45) is 3.19. The largest absolute Gasteiger partial charge is 0.350 e. The quantitative estimate of drug-likeness (QED) is 0.813. The Kier molecular flexibility index (Phi) is 2.58. The zero-order valence-corrected chi connectivity index (χ0v) is 12.1. The van der Waals surface area contributed by atoms with E-state index in [0.717, 1.165) is 5.92 Å². The number of nitrogens with zero attached hydrogens (tertiary/aromatic N) is 1. The minimum atomic E-state index is 0.0522. The van der Waals surface area contributed by atoms with Crippen LogP contribution in [0.5, 0.6) is 0 Å². The Morgan fingerprint density at radius 3 is 2.17 bits per heavy atom. The van der Waals surface area contributed by atoms with E-state index >= 15 is 0 Å². The van der Waals surface area contributed by atoms with E-state index < -0.39 is 0 Å². The van der Waals surface area contributed by atoms with Gasteiger partial charge in [0.1, 0.15) is 0 Å². The van der Waals surface area contributed by atoms with Crippen LogP contribution in [0.2, 0.25) is 0 Å². The average Bonchev–Trinajstić information content (AvgIpc) is 2.26. The maximum Gasteiger partial charge on any atom is 0.220 e. The normalized spacial score (nSPS) is 48.2. The summed E-state index contributed by atoms with van der Waals surface area (Å²) in [5, 5.41) is 3.35. The van der Waals surface area contributed by atoms with Crippen LogP contribution < -0.4 is 5.32 Å². The van der Waals surface area contributed by atoms with E-state index in [1.165, 1.54) is 25.9 Å². The van der Waals surface area contributed by atoms with Gasteiger partial charge in [-0.25, -0.2) is 0 Å². The number of carbonyl (C=O) groups is 1. The van der Waals surface area contributed by atoms with E-state index in [2.05, 4.69) is 31.0 Å². The van der Waals surface area contributed by atoms with Gasteiger partial charge in [-0.2, -0.15) is 0 Å². The zero-order valence-electron chi connectivity index (χ0n) is 12.1. The van der Waals surface area contributed by atoms with Crippen LogP contribution >= 0.6 is 0 Å². The first-order valence-corrected chi connectivity index (χ1v) is 7.44. The molecule has 102 valence electrons. The second-order valence-electron chi connectivity index (χ2n) is 7.31. The van der Waals surface area contributed by atoms with Crippen molar-refractivity contribution in [2.45, 2.75) is 58.0 Å². The first-order chi connectivity index (χ1) is 8.38. The summed E-state index contributed by atoms with van der Waals surface area (Å²) in [7, 11) is 0. The highest BCUT2D eigenvalue weighted by molar-refractivity contribution is 5.76. The van der Waals surface area contributed by atoms with Crippen LogP contribution in [0.3, 0.4) is 0 Å². The molecule has 0 radical (unpaired) electrons. The van der Waals surface area contributed by atoms with Gasteiger partial charge in [0, 0.05) is 30.6 Å². The van der Waals surface area contributed by atoms with Gasteiger partial charge < -0.3 is 5.32 Å². The number of hydrogen-bond acceptors (Lipinski definition) is 2. The van der Waals surface area contributed by atoms with Crippen molar-refractivity contribution in [3.8, 4) is 0 Å². The molecule has 4 bridgehead atoms. The lowest BCUT2D eigenvalue weighted by molar-refractivity contribution is -0.160. The van der Waals surface area contributed by atoms with Crippen LogP contribution in [0.4, 0.5) is 0 Å². The third kappa shape index (κ3) is 1.49. The Labute approximate surface area is 110 Å². The van der Waals surface area contributed by atoms with Crippen molar-refractivity contribution in [2.75, 3.05) is 13.1 Å². The molecular weight excluding hydrogens is 224 g/mol. The van der Waals surface area contributed by atoms with Gasteiger partial charge in [0.15, 0.2) is 0 Å². The smallest absolute Gasteiger partial charge is 0.220 e. The number of rotatable bonds is 2. The van der Waals surface area contributed by atoms with Crippen molar-refractivity contribution >= 4 is 5.91 Å². The molecule has 3 heteroatoms. The molecule has 0 spiro atoms. The van der Waals surface area contributed by atoms with Crippen LogP contribution in [-0.2, 0) is 4.79 Å². The molecule has 3 saturated heterocycles. The highest BCUT2D eigenvalue weighted by Gasteiger charge is 2.60. The second kappa shape index (κ2) is 3.72. The molecule has 3 aliphatic heterocycles. The molecule has 2 atom stereocenters. The van der Waals surface area contributed by atoms with Gasteiger partial charge in [0.25, 0.3) is 0 Å². The van der Waals surface area contributed by atoms with Crippen molar-refractivity contribution in [3.63, 3.8) is 0 Å². The minimum Gasteiger partial charge on any atom is -0.350 e. The predicted molar refractivity (Wildman–Crippen MR) is 72.2 cm³/mol. The number of carbonyl (C=O) groups excluding carboxylic acids is 1. The molecule has 1 N–H and O–H groups in total. The lowest BCUT2D eigenvalue weighted by atomic mass is 9.53. The van der Waals surface area contributed by atoms with E-state index in [1.807, 2.05) is 6.92 Å². The fraction of sp³-hybridized carbons (Fsp3) is 0.933. The van der Waals surface area contributed by atoms with Gasteiger partial charge in [0.05, 0.1) is 0 Å². The Hall–Kier alpha value is -0.570. The lowest BCUT2D eigenvalue weighted by Gasteiger charge is -2.67. The summed E-state index contributed by atoms with van der Waals surface area (Å²) in [4.78, 5) is 14.5. The third-order valence-electron chi connectivity index (χ3n) is 6.26. The number of hydrogen-bond donors (Lipinski definition) is 1. The standard InChI is InChI=1S/C15H26N2O/c1-5-13(18)16-15(4)11-6-10-7-12(15)9-17(8-11)14(10,2)3/h10-12H,5-9H2,1-4H3,(H,16,18). The summed E-state index contributed by atoms with van der Waals surface area (Å²) >= 11 is 0. The molecule has 0 aromatic carbocycles. The van der Waals surface area contributed by atoms with Crippen LogP contribution in [0, 0.1) is 17.8 Å².